The first-order chi connectivity index (χ1) is 9.85. The highest BCUT2D eigenvalue weighted by molar-refractivity contribution is 14.0. The monoisotopic (exact) mass is 405 g/mol. The van der Waals surface area contributed by atoms with Crippen LogP contribution < -0.4 is 10.6 Å². The van der Waals surface area contributed by atoms with Crippen molar-refractivity contribution in [3.05, 3.63) is 12.2 Å². The summed E-state index contributed by atoms with van der Waals surface area (Å²) in [4.78, 5) is 9.99. The van der Waals surface area contributed by atoms with E-state index < -0.39 is 0 Å². The highest BCUT2D eigenvalue weighted by atomic mass is 127. The predicted molar refractivity (Wildman–Crippen MR) is 98.5 cm³/mol. The van der Waals surface area contributed by atoms with Gasteiger partial charge in [-0.1, -0.05) is 12.2 Å². The van der Waals surface area contributed by atoms with E-state index in [0.29, 0.717) is 12.1 Å². The summed E-state index contributed by atoms with van der Waals surface area (Å²) in [6.07, 6.45) is 6.74. The van der Waals surface area contributed by atoms with Crippen molar-refractivity contribution < 1.29 is 0 Å². The summed E-state index contributed by atoms with van der Waals surface area (Å²) in [5, 5.41) is 6.92. The second-order valence-corrected chi connectivity index (χ2v) is 5.99. The molecule has 6 heteroatoms. The van der Waals surface area contributed by atoms with Crippen molar-refractivity contribution in [1.29, 1.82) is 0 Å². The molecule has 1 unspecified atom stereocenters. The molecule has 0 amide bonds. The zero-order valence-electron chi connectivity index (χ0n) is 12.9. The average Bonchev–Trinajstić information content (AvgIpc) is 2.99. The Bertz CT molecular complexity index is 368. The van der Waals surface area contributed by atoms with E-state index in [9.17, 15) is 0 Å². The first-order valence-corrected chi connectivity index (χ1v) is 8.01. The minimum Gasteiger partial charge on any atom is -0.357 e. The molecular weight excluding hydrogens is 377 g/mol. The van der Waals surface area contributed by atoms with Crippen LogP contribution in [0.3, 0.4) is 0 Å². The maximum Gasteiger partial charge on any atom is 0.191 e. The van der Waals surface area contributed by atoms with E-state index in [4.69, 9.17) is 4.99 Å². The van der Waals surface area contributed by atoms with Crippen LogP contribution in [0.2, 0.25) is 0 Å². The molecule has 3 aliphatic heterocycles. The van der Waals surface area contributed by atoms with Crippen molar-refractivity contribution in [1.82, 2.24) is 20.4 Å². The third kappa shape index (κ3) is 4.56. The number of halogens is 1. The number of aliphatic imine (C=N–C) groups is 1. The highest BCUT2D eigenvalue weighted by Crippen LogP contribution is 2.15. The van der Waals surface area contributed by atoms with Crippen molar-refractivity contribution in [2.45, 2.75) is 31.8 Å². The standard InChI is InChI=1S/C15H27N5.HI/c1-2-16-15(18-13-5-3-4-6-13)17-11-14-12-19-7-9-20(14)10-8-19;/h3-4,13-14H,2,5-12H2,1H3,(H2,16,17,18);1H. The van der Waals surface area contributed by atoms with Crippen LogP contribution in [0.25, 0.3) is 0 Å². The summed E-state index contributed by atoms with van der Waals surface area (Å²) in [6.45, 7) is 10.1. The summed E-state index contributed by atoms with van der Waals surface area (Å²) >= 11 is 0. The first-order valence-electron chi connectivity index (χ1n) is 8.01. The van der Waals surface area contributed by atoms with Gasteiger partial charge in [0.25, 0.3) is 0 Å². The molecule has 1 atom stereocenters. The molecule has 120 valence electrons. The van der Waals surface area contributed by atoms with E-state index in [0.717, 1.165) is 31.9 Å². The van der Waals surface area contributed by atoms with Gasteiger partial charge >= 0.3 is 0 Å². The van der Waals surface area contributed by atoms with Gasteiger partial charge in [0.2, 0.25) is 0 Å². The topological polar surface area (TPSA) is 42.9 Å². The van der Waals surface area contributed by atoms with Gasteiger partial charge in [-0.25, -0.2) is 0 Å². The number of piperazine rings is 3. The fourth-order valence-corrected chi connectivity index (χ4v) is 3.34. The largest absolute Gasteiger partial charge is 0.357 e. The second kappa shape index (κ2) is 8.33. The van der Waals surface area contributed by atoms with Crippen LogP contribution in [0.4, 0.5) is 0 Å². The van der Waals surface area contributed by atoms with Crippen LogP contribution in [-0.4, -0.2) is 73.7 Å². The van der Waals surface area contributed by atoms with Gasteiger partial charge in [-0.2, -0.15) is 0 Å². The lowest BCUT2D eigenvalue weighted by atomic mass is 10.1. The van der Waals surface area contributed by atoms with Crippen LogP contribution in [0.5, 0.6) is 0 Å². The molecule has 2 bridgehead atoms. The Balaban J connectivity index is 0.00000161. The molecule has 3 heterocycles. The minimum absolute atomic E-state index is 0. The fraction of sp³-hybridized carbons (Fsp3) is 0.800. The van der Waals surface area contributed by atoms with Crippen molar-refractivity contribution in [3.8, 4) is 0 Å². The van der Waals surface area contributed by atoms with Crippen LogP contribution in [0.15, 0.2) is 17.1 Å². The fourth-order valence-electron chi connectivity index (χ4n) is 3.34. The molecule has 2 N–H and O–H groups in total. The molecule has 0 saturated carbocycles. The third-order valence-electron chi connectivity index (χ3n) is 4.55. The first kappa shape index (κ1) is 17.0. The van der Waals surface area contributed by atoms with Gasteiger partial charge in [-0.3, -0.25) is 14.8 Å². The molecular formula is C15H28IN5. The molecule has 21 heavy (non-hydrogen) atoms. The molecule has 3 saturated heterocycles. The molecule has 4 rings (SSSR count). The van der Waals surface area contributed by atoms with Gasteiger partial charge in [-0.15, -0.1) is 24.0 Å². The number of nitrogens with one attached hydrogen (secondary N) is 2. The van der Waals surface area contributed by atoms with E-state index in [1.807, 2.05) is 0 Å². The molecule has 4 aliphatic rings. The van der Waals surface area contributed by atoms with Crippen LogP contribution in [-0.2, 0) is 0 Å². The van der Waals surface area contributed by atoms with Crippen LogP contribution in [0.1, 0.15) is 19.8 Å². The normalized spacial score (nSPS) is 32.0. The molecule has 0 spiro atoms. The van der Waals surface area contributed by atoms with Gasteiger partial charge < -0.3 is 10.6 Å². The SMILES string of the molecule is CCNC(=NCC1CN2CCN1CC2)NC1CC=CC1.I. The van der Waals surface area contributed by atoms with Gasteiger partial charge in [0.05, 0.1) is 6.54 Å². The maximum absolute atomic E-state index is 4.82. The molecule has 0 aromatic rings. The van der Waals surface area contributed by atoms with E-state index in [2.05, 4.69) is 39.5 Å². The second-order valence-electron chi connectivity index (χ2n) is 5.99. The van der Waals surface area contributed by atoms with Crippen LogP contribution >= 0.6 is 24.0 Å². The summed E-state index contributed by atoms with van der Waals surface area (Å²) in [7, 11) is 0. The lowest BCUT2D eigenvalue weighted by molar-refractivity contribution is 0.0174. The molecule has 3 fully saturated rings. The molecule has 0 aromatic carbocycles. The van der Waals surface area contributed by atoms with E-state index in [1.165, 1.54) is 32.7 Å². The molecule has 5 nitrogen and oxygen atoms in total. The summed E-state index contributed by atoms with van der Waals surface area (Å²) in [6, 6.07) is 1.13. The van der Waals surface area contributed by atoms with Crippen molar-refractivity contribution in [3.63, 3.8) is 0 Å². The lowest BCUT2D eigenvalue weighted by Crippen LogP contribution is -2.62. The van der Waals surface area contributed by atoms with Crippen LogP contribution in [0, 0.1) is 0 Å². The summed E-state index contributed by atoms with van der Waals surface area (Å²) < 4.78 is 0. The number of nitrogens with zero attached hydrogens (tertiary/aromatic N) is 3. The Hall–Kier alpha value is -0.340. The van der Waals surface area contributed by atoms with E-state index in [1.54, 1.807) is 0 Å². The predicted octanol–water partition coefficient (Wildman–Crippen LogP) is 0.878. The van der Waals surface area contributed by atoms with Gasteiger partial charge in [-0.05, 0) is 19.8 Å². The van der Waals surface area contributed by atoms with Gasteiger partial charge in [0.1, 0.15) is 0 Å². The van der Waals surface area contributed by atoms with E-state index >= 15 is 0 Å². The number of rotatable bonds is 4. The smallest absolute Gasteiger partial charge is 0.191 e. The Morgan fingerprint density at radius 2 is 1.90 bits per heavy atom. The average molecular weight is 405 g/mol. The number of hydrogen-bond acceptors (Lipinski definition) is 3. The van der Waals surface area contributed by atoms with E-state index in [-0.39, 0.29) is 24.0 Å². The highest BCUT2D eigenvalue weighted by Gasteiger charge is 2.31. The Morgan fingerprint density at radius 3 is 2.48 bits per heavy atom. The van der Waals surface area contributed by atoms with Crippen molar-refractivity contribution in [2.24, 2.45) is 4.99 Å². The Morgan fingerprint density at radius 1 is 1.19 bits per heavy atom. The molecule has 0 radical (unpaired) electrons. The third-order valence-corrected chi connectivity index (χ3v) is 4.55. The maximum atomic E-state index is 4.82. The quantitative estimate of drug-likeness (QED) is 0.316. The minimum atomic E-state index is 0. The van der Waals surface area contributed by atoms with Gasteiger partial charge in [0, 0.05) is 51.4 Å². The Labute approximate surface area is 145 Å². The van der Waals surface area contributed by atoms with Gasteiger partial charge in [0.15, 0.2) is 5.96 Å². The number of hydrogen-bond donors (Lipinski definition) is 2. The zero-order chi connectivity index (χ0) is 13.8. The lowest BCUT2D eigenvalue weighted by Gasteiger charge is -2.47. The summed E-state index contributed by atoms with van der Waals surface area (Å²) in [5.41, 5.74) is 0. The molecule has 0 aromatic heterocycles. The Kier molecular flexibility index (Phi) is 6.75. The number of fused-ring (bicyclic) bond motifs is 3. The van der Waals surface area contributed by atoms with Crippen molar-refractivity contribution in [2.75, 3.05) is 45.8 Å². The zero-order valence-corrected chi connectivity index (χ0v) is 15.3. The number of guanidine groups is 1. The summed E-state index contributed by atoms with van der Waals surface area (Å²) in [5.74, 6) is 0.985. The van der Waals surface area contributed by atoms with Crippen molar-refractivity contribution >= 4 is 29.9 Å². The molecule has 1 aliphatic carbocycles.